The van der Waals surface area contributed by atoms with Crippen molar-refractivity contribution in [3.63, 3.8) is 0 Å². The molecule has 1 atom stereocenters. The van der Waals surface area contributed by atoms with Crippen LogP contribution in [0.4, 0.5) is 17.1 Å². The second kappa shape index (κ2) is 9.39. The van der Waals surface area contributed by atoms with Crippen molar-refractivity contribution < 1.29 is 9.59 Å². The first-order valence-electron chi connectivity index (χ1n) is 8.85. The summed E-state index contributed by atoms with van der Waals surface area (Å²) in [6.07, 6.45) is 0.476. The van der Waals surface area contributed by atoms with Crippen LogP contribution in [-0.4, -0.2) is 17.9 Å². The van der Waals surface area contributed by atoms with Crippen LogP contribution in [0.2, 0.25) is 0 Å². The predicted molar refractivity (Wildman–Crippen MR) is 107 cm³/mol. The van der Waals surface area contributed by atoms with Crippen molar-refractivity contribution in [2.24, 2.45) is 5.92 Å². The lowest BCUT2D eigenvalue weighted by atomic mass is 10.1. The lowest BCUT2D eigenvalue weighted by molar-refractivity contribution is -0.117. The highest BCUT2D eigenvalue weighted by Crippen LogP contribution is 2.16. The molecule has 0 aliphatic heterocycles. The van der Waals surface area contributed by atoms with Gasteiger partial charge < -0.3 is 16.0 Å². The monoisotopic (exact) mass is 364 g/mol. The van der Waals surface area contributed by atoms with E-state index in [2.05, 4.69) is 16.0 Å². The molecule has 2 rings (SSSR count). The number of hydrogen-bond acceptors (Lipinski definition) is 4. The first-order chi connectivity index (χ1) is 12.9. The normalized spacial score (nSPS) is 11.4. The smallest absolute Gasteiger partial charge is 0.246 e. The zero-order valence-corrected chi connectivity index (χ0v) is 15.7. The Morgan fingerprint density at radius 1 is 0.963 bits per heavy atom. The minimum absolute atomic E-state index is 0.0157. The molecule has 2 amide bonds. The molecular weight excluding hydrogens is 340 g/mol. The first-order valence-corrected chi connectivity index (χ1v) is 8.85. The van der Waals surface area contributed by atoms with Crippen LogP contribution in [0.15, 0.2) is 48.5 Å². The number of rotatable bonds is 7. The average molecular weight is 364 g/mol. The van der Waals surface area contributed by atoms with Crippen molar-refractivity contribution in [2.75, 3.05) is 16.0 Å². The second-order valence-electron chi connectivity index (χ2n) is 6.77. The molecule has 0 aromatic heterocycles. The number of carbonyl (C=O) groups excluding carboxylic acids is 2. The van der Waals surface area contributed by atoms with Gasteiger partial charge in [0.25, 0.3) is 0 Å². The van der Waals surface area contributed by atoms with Gasteiger partial charge in [-0.1, -0.05) is 19.9 Å². The largest absolute Gasteiger partial charge is 0.374 e. The van der Waals surface area contributed by atoms with Gasteiger partial charge >= 0.3 is 0 Å². The maximum Gasteiger partial charge on any atom is 0.246 e. The molecule has 140 valence electrons. The number of nitriles is 1. The molecule has 1 unspecified atom stereocenters. The van der Waals surface area contributed by atoms with Crippen molar-refractivity contribution in [2.45, 2.75) is 33.2 Å². The summed E-state index contributed by atoms with van der Waals surface area (Å²) in [6, 6.07) is 15.5. The van der Waals surface area contributed by atoms with Gasteiger partial charge in [-0.05, 0) is 55.3 Å². The summed E-state index contributed by atoms with van der Waals surface area (Å²) >= 11 is 0. The highest BCUT2D eigenvalue weighted by atomic mass is 16.2. The van der Waals surface area contributed by atoms with E-state index in [0.29, 0.717) is 23.6 Å². The summed E-state index contributed by atoms with van der Waals surface area (Å²) in [4.78, 5) is 24.1. The number of amides is 2. The molecule has 0 spiro atoms. The van der Waals surface area contributed by atoms with Crippen LogP contribution in [0.25, 0.3) is 0 Å². The van der Waals surface area contributed by atoms with Gasteiger partial charge in [-0.25, -0.2) is 0 Å². The molecule has 6 heteroatoms. The lowest BCUT2D eigenvalue weighted by Gasteiger charge is -2.16. The number of anilines is 3. The highest BCUT2D eigenvalue weighted by molar-refractivity contribution is 5.96. The Morgan fingerprint density at radius 2 is 1.63 bits per heavy atom. The van der Waals surface area contributed by atoms with E-state index in [0.717, 1.165) is 11.4 Å². The van der Waals surface area contributed by atoms with Gasteiger partial charge in [-0.3, -0.25) is 9.59 Å². The molecule has 2 aromatic carbocycles. The number of nitrogens with zero attached hydrogens (tertiary/aromatic N) is 1. The summed E-state index contributed by atoms with van der Waals surface area (Å²) in [6.45, 7) is 5.74. The van der Waals surface area contributed by atoms with E-state index in [1.165, 1.54) is 0 Å². The van der Waals surface area contributed by atoms with Gasteiger partial charge in [0.2, 0.25) is 11.8 Å². The average Bonchev–Trinajstić information content (AvgIpc) is 2.62. The minimum Gasteiger partial charge on any atom is -0.374 e. The van der Waals surface area contributed by atoms with Crippen LogP contribution in [0, 0.1) is 17.2 Å². The molecule has 0 heterocycles. The predicted octanol–water partition coefficient (Wildman–Crippen LogP) is 3.98. The van der Waals surface area contributed by atoms with E-state index >= 15 is 0 Å². The van der Waals surface area contributed by atoms with Crippen LogP contribution in [0.1, 0.15) is 32.8 Å². The SMILES string of the molecule is CC(C)CC(=O)Nc1ccc(NC(C)C(=O)Nc2cccc(C#N)c2)cc1. The Bertz CT molecular complexity index is 838. The summed E-state index contributed by atoms with van der Waals surface area (Å²) in [5.74, 6) is 0.0802. The van der Waals surface area contributed by atoms with Gasteiger partial charge in [-0.15, -0.1) is 0 Å². The van der Waals surface area contributed by atoms with E-state index in [-0.39, 0.29) is 11.8 Å². The first kappa shape index (κ1) is 20.0. The summed E-state index contributed by atoms with van der Waals surface area (Å²) in [7, 11) is 0. The van der Waals surface area contributed by atoms with Crippen LogP contribution in [0.3, 0.4) is 0 Å². The molecule has 0 radical (unpaired) electrons. The molecule has 0 aliphatic rings. The van der Waals surface area contributed by atoms with E-state index in [4.69, 9.17) is 5.26 Å². The highest BCUT2D eigenvalue weighted by Gasteiger charge is 2.13. The maximum absolute atomic E-state index is 12.3. The number of benzene rings is 2. The fraction of sp³-hybridized carbons (Fsp3) is 0.286. The molecule has 0 saturated heterocycles. The molecule has 0 fully saturated rings. The lowest BCUT2D eigenvalue weighted by Crippen LogP contribution is -2.31. The summed E-state index contributed by atoms with van der Waals surface area (Å²) in [5, 5.41) is 17.7. The molecule has 0 bridgehead atoms. The molecule has 2 aromatic rings. The van der Waals surface area contributed by atoms with Crippen LogP contribution < -0.4 is 16.0 Å². The summed E-state index contributed by atoms with van der Waals surface area (Å²) in [5.41, 5.74) is 2.56. The van der Waals surface area contributed by atoms with Crippen molar-refractivity contribution in [3.05, 3.63) is 54.1 Å². The van der Waals surface area contributed by atoms with Crippen molar-refractivity contribution >= 4 is 28.9 Å². The van der Waals surface area contributed by atoms with Crippen molar-refractivity contribution in [1.82, 2.24) is 0 Å². The number of carbonyl (C=O) groups is 2. The number of hydrogen-bond donors (Lipinski definition) is 3. The Labute approximate surface area is 159 Å². The quantitative estimate of drug-likeness (QED) is 0.692. The fourth-order valence-electron chi connectivity index (χ4n) is 2.47. The fourth-order valence-corrected chi connectivity index (χ4v) is 2.47. The van der Waals surface area contributed by atoms with Gasteiger partial charge in [0.1, 0.15) is 6.04 Å². The molecule has 27 heavy (non-hydrogen) atoms. The van der Waals surface area contributed by atoms with Crippen LogP contribution in [-0.2, 0) is 9.59 Å². The third-order valence-corrected chi connectivity index (χ3v) is 3.80. The van der Waals surface area contributed by atoms with E-state index in [9.17, 15) is 9.59 Å². The minimum atomic E-state index is -0.475. The Balaban J connectivity index is 1.91. The van der Waals surface area contributed by atoms with Gasteiger partial charge in [-0.2, -0.15) is 5.26 Å². The van der Waals surface area contributed by atoms with Crippen LogP contribution in [0.5, 0.6) is 0 Å². The molecule has 3 N–H and O–H groups in total. The third kappa shape index (κ3) is 6.48. The Morgan fingerprint density at radius 3 is 2.26 bits per heavy atom. The van der Waals surface area contributed by atoms with Gasteiger partial charge in [0.05, 0.1) is 11.6 Å². The Hall–Kier alpha value is -3.33. The van der Waals surface area contributed by atoms with Crippen molar-refractivity contribution in [3.8, 4) is 6.07 Å². The van der Waals surface area contributed by atoms with E-state index in [1.54, 1.807) is 43.3 Å². The van der Waals surface area contributed by atoms with Gasteiger partial charge in [0, 0.05) is 23.5 Å². The van der Waals surface area contributed by atoms with Crippen molar-refractivity contribution in [1.29, 1.82) is 5.26 Å². The molecular formula is C21H24N4O2. The zero-order chi connectivity index (χ0) is 19.8. The maximum atomic E-state index is 12.3. The number of nitrogens with one attached hydrogen (secondary N) is 3. The molecule has 6 nitrogen and oxygen atoms in total. The standard InChI is InChI=1S/C21H24N4O2/c1-14(2)11-20(26)24-18-9-7-17(8-10-18)23-15(3)21(27)25-19-6-4-5-16(12-19)13-22/h4-10,12,14-15,23H,11H2,1-3H3,(H,24,26)(H,25,27). The van der Waals surface area contributed by atoms with E-state index < -0.39 is 6.04 Å². The third-order valence-electron chi connectivity index (χ3n) is 3.80. The molecule has 0 saturated carbocycles. The Kier molecular flexibility index (Phi) is 6.95. The zero-order valence-electron chi connectivity index (χ0n) is 15.7. The molecule has 0 aliphatic carbocycles. The summed E-state index contributed by atoms with van der Waals surface area (Å²) < 4.78 is 0. The van der Waals surface area contributed by atoms with Gasteiger partial charge in [0.15, 0.2) is 0 Å². The van der Waals surface area contributed by atoms with E-state index in [1.807, 2.05) is 32.0 Å². The second-order valence-corrected chi connectivity index (χ2v) is 6.77. The topological polar surface area (TPSA) is 94.0 Å². The van der Waals surface area contributed by atoms with Crippen LogP contribution >= 0.6 is 0 Å².